The molecule has 0 saturated carbocycles. The summed E-state index contributed by atoms with van der Waals surface area (Å²) in [6, 6.07) is 22.1. The molecule has 3 aliphatic heterocycles. The molecule has 45 heavy (non-hydrogen) atoms. The quantitative estimate of drug-likeness (QED) is 0.0685. The second kappa shape index (κ2) is 15.3. The Morgan fingerprint density at radius 2 is 1.76 bits per heavy atom. The number of unbranched alkanes of at least 4 members (excludes halogenated alkanes) is 7. The highest BCUT2D eigenvalue weighted by atomic mass is 16.5. The van der Waals surface area contributed by atoms with E-state index in [0.717, 1.165) is 48.2 Å². The van der Waals surface area contributed by atoms with Gasteiger partial charge in [-0.2, -0.15) is 0 Å². The minimum atomic E-state index is -0.0759. The molecule has 3 saturated heterocycles. The second-order valence-electron chi connectivity index (χ2n) is 13.6. The fourth-order valence-corrected chi connectivity index (χ4v) is 8.18. The first-order valence-corrected chi connectivity index (χ1v) is 17.6. The molecule has 2 aromatic heterocycles. The summed E-state index contributed by atoms with van der Waals surface area (Å²) in [4.78, 5) is 4.71. The van der Waals surface area contributed by atoms with Gasteiger partial charge in [0.05, 0.1) is 31.4 Å². The van der Waals surface area contributed by atoms with Crippen LogP contribution in [-0.4, -0.2) is 43.6 Å². The number of quaternary nitrogens is 1. The highest BCUT2D eigenvalue weighted by molar-refractivity contribution is 5.82. The molecule has 0 amide bonds. The van der Waals surface area contributed by atoms with Gasteiger partial charge >= 0.3 is 0 Å². The lowest BCUT2D eigenvalue weighted by Crippen LogP contribution is -2.67. The van der Waals surface area contributed by atoms with Gasteiger partial charge in [-0.05, 0) is 30.0 Å². The Labute approximate surface area is 270 Å². The molecule has 1 unspecified atom stereocenters. The van der Waals surface area contributed by atoms with Crippen LogP contribution in [0.5, 0.6) is 0 Å². The molecule has 2 aromatic carbocycles. The van der Waals surface area contributed by atoms with E-state index in [9.17, 15) is 0 Å². The molecule has 0 spiro atoms. The van der Waals surface area contributed by atoms with Crippen LogP contribution < -0.4 is 0 Å². The Morgan fingerprint density at radius 3 is 2.58 bits per heavy atom. The van der Waals surface area contributed by atoms with Gasteiger partial charge < -0.3 is 9.22 Å². The topological polar surface area (TPSA) is 52.8 Å². The third kappa shape index (κ3) is 7.56. The first-order valence-electron chi connectivity index (χ1n) is 17.6. The number of pyridine rings is 1. The molecule has 5 atom stereocenters. The zero-order valence-corrected chi connectivity index (χ0v) is 27.3. The highest BCUT2D eigenvalue weighted by Gasteiger charge is 2.54. The predicted octanol–water partition coefficient (Wildman–Crippen LogP) is 8.84. The number of rotatable bonds is 17. The van der Waals surface area contributed by atoms with Crippen molar-refractivity contribution >= 4 is 10.9 Å². The minimum Gasteiger partial charge on any atom is -0.361 e. The standard InChI is InChI=1S/C39H52N5O/c1-3-5-6-7-8-9-10-16-24-43-27-34(41-42-43)30-45-39(36-21-23-40-37-20-15-14-19-35(36)37)38-26-33-22-25-44(38,29-32(33)4-2)28-31-17-12-11-13-18-31/h4,11-15,17-21,23,27,32-33,38-39H,2-3,5-10,16,22,24-26,28-30H2,1H3/q+1/t32-,33-,38-,39+,44?/m0/s1. The van der Waals surface area contributed by atoms with Gasteiger partial charge in [-0.25, -0.2) is 0 Å². The number of aryl methyl sites for hydroxylation is 1. The zero-order valence-electron chi connectivity index (χ0n) is 27.3. The molecule has 0 N–H and O–H groups in total. The maximum atomic E-state index is 7.06. The highest BCUT2D eigenvalue weighted by Crippen LogP contribution is 2.49. The number of fused-ring (bicyclic) bond motifs is 4. The van der Waals surface area contributed by atoms with E-state index in [1.54, 1.807) is 0 Å². The average molecular weight is 607 g/mol. The summed E-state index contributed by atoms with van der Waals surface area (Å²) in [6.45, 7) is 11.2. The molecule has 0 radical (unpaired) electrons. The van der Waals surface area contributed by atoms with Crippen LogP contribution in [0, 0.1) is 11.8 Å². The summed E-state index contributed by atoms with van der Waals surface area (Å²) in [5.41, 5.74) is 4.57. The van der Waals surface area contributed by atoms with Gasteiger partial charge in [-0.3, -0.25) is 9.67 Å². The SMILES string of the molecule is C=C[C@H]1C[N+]2(Cc3ccccc3)CC[C@H]1C[C@H]2[C@H](OCc1cn(CCCCCCCCCC)nn1)c1ccnc2ccccc12. The number of benzene rings is 2. The molecule has 0 aliphatic carbocycles. The van der Waals surface area contributed by atoms with Crippen LogP contribution >= 0.6 is 0 Å². The Hall–Kier alpha value is -3.35. The third-order valence-corrected chi connectivity index (χ3v) is 10.6. The van der Waals surface area contributed by atoms with Crippen molar-refractivity contribution in [1.82, 2.24) is 20.0 Å². The van der Waals surface area contributed by atoms with Gasteiger partial charge in [0.1, 0.15) is 24.4 Å². The largest absolute Gasteiger partial charge is 0.361 e. The number of piperidine rings is 3. The van der Waals surface area contributed by atoms with Crippen molar-refractivity contribution in [3.63, 3.8) is 0 Å². The summed E-state index contributed by atoms with van der Waals surface area (Å²) in [7, 11) is 0. The zero-order chi connectivity index (χ0) is 30.9. The van der Waals surface area contributed by atoms with Crippen molar-refractivity contribution < 1.29 is 9.22 Å². The Morgan fingerprint density at radius 1 is 0.978 bits per heavy atom. The van der Waals surface area contributed by atoms with E-state index in [0.29, 0.717) is 24.5 Å². The summed E-state index contributed by atoms with van der Waals surface area (Å²) in [5, 5.41) is 10.2. The third-order valence-electron chi connectivity index (χ3n) is 10.6. The number of para-hydroxylation sites is 1. The lowest BCUT2D eigenvalue weighted by atomic mass is 9.71. The molecular weight excluding hydrogens is 554 g/mol. The molecule has 6 nitrogen and oxygen atoms in total. The lowest BCUT2D eigenvalue weighted by Gasteiger charge is -2.58. The Balaban J connectivity index is 1.21. The van der Waals surface area contributed by atoms with Crippen molar-refractivity contribution in [3.05, 3.63) is 103 Å². The van der Waals surface area contributed by atoms with E-state index in [2.05, 4.69) is 96.8 Å². The summed E-state index contributed by atoms with van der Waals surface area (Å²) in [6.07, 6.45) is 19.1. The smallest absolute Gasteiger partial charge is 0.135 e. The van der Waals surface area contributed by atoms with Crippen molar-refractivity contribution in [2.75, 3.05) is 13.1 Å². The Bertz CT molecular complexity index is 1500. The summed E-state index contributed by atoms with van der Waals surface area (Å²) in [5.74, 6) is 1.19. The molecule has 2 bridgehead atoms. The van der Waals surface area contributed by atoms with Gasteiger partial charge in [0.15, 0.2) is 0 Å². The van der Waals surface area contributed by atoms with Crippen molar-refractivity contribution in [2.45, 2.75) is 103 Å². The number of nitrogens with zero attached hydrogens (tertiary/aromatic N) is 5. The van der Waals surface area contributed by atoms with Crippen LogP contribution in [0.2, 0.25) is 0 Å². The first kappa shape index (κ1) is 31.6. The van der Waals surface area contributed by atoms with Gasteiger partial charge in [-0.1, -0.05) is 112 Å². The summed E-state index contributed by atoms with van der Waals surface area (Å²) < 4.78 is 10.1. The van der Waals surface area contributed by atoms with Crippen LogP contribution in [0.25, 0.3) is 10.9 Å². The molecule has 3 fully saturated rings. The summed E-state index contributed by atoms with van der Waals surface area (Å²) >= 11 is 0. The number of hydrogen-bond acceptors (Lipinski definition) is 4. The van der Waals surface area contributed by atoms with E-state index in [-0.39, 0.29) is 6.10 Å². The van der Waals surface area contributed by atoms with E-state index in [4.69, 9.17) is 9.72 Å². The van der Waals surface area contributed by atoms with Crippen LogP contribution in [-0.2, 0) is 24.4 Å². The molecule has 5 heterocycles. The number of hydrogen-bond donors (Lipinski definition) is 0. The van der Waals surface area contributed by atoms with E-state index in [1.165, 1.54) is 74.4 Å². The molecule has 238 valence electrons. The predicted molar refractivity (Wildman–Crippen MR) is 182 cm³/mol. The maximum absolute atomic E-state index is 7.06. The second-order valence-corrected chi connectivity index (χ2v) is 13.6. The normalized spacial score (nSPS) is 23.4. The monoisotopic (exact) mass is 606 g/mol. The fourth-order valence-electron chi connectivity index (χ4n) is 8.18. The van der Waals surface area contributed by atoms with Crippen molar-refractivity contribution in [1.29, 1.82) is 0 Å². The minimum absolute atomic E-state index is 0.0759. The van der Waals surface area contributed by atoms with Gasteiger partial charge in [0.25, 0.3) is 0 Å². The molecule has 7 rings (SSSR count). The molecular formula is C39H52N5O+. The van der Waals surface area contributed by atoms with Crippen molar-refractivity contribution in [2.24, 2.45) is 11.8 Å². The number of ether oxygens (including phenoxy) is 1. The van der Waals surface area contributed by atoms with Gasteiger partial charge in [-0.15, -0.1) is 11.7 Å². The first-order chi connectivity index (χ1) is 22.2. The van der Waals surface area contributed by atoms with Crippen LogP contribution in [0.4, 0.5) is 0 Å². The van der Waals surface area contributed by atoms with E-state index < -0.39 is 0 Å². The lowest BCUT2D eigenvalue weighted by molar-refractivity contribution is -0.985. The van der Waals surface area contributed by atoms with E-state index in [1.807, 2.05) is 10.9 Å². The average Bonchev–Trinajstić information content (AvgIpc) is 3.54. The fraction of sp³-hybridized carbons (Fsp3) is 0.513. The van der Waals surface area contributed by atoms with Gasteiger partial charge in [0, 0.05) is 42.5 Å². The number of aromatic nitrogens is 4. The molecule has 6 heteroatoms. The van der Waals surface area contributed by atoms with Crippen LogP contribution in [0.3, 0.4) is 0 Å². The van der Waals surface area contributed by atoms with Crippen LogP contribution in [0.1, 0.15) is 94.1 Å². The Kier molecular flexibility index (Phi) is 10.7. The maximum Gasteiger partial charge on any atom is 0.135 e. The molecule has 3 aliphatic rings. The van der Waals surface area contributed by atoms with E-state index >= 15 is 0 Å². The van der Waals surface area contributed by atoms with Crippen molar-refractivity contribution in [3.8, 4) is 0 Å². The van der Waals surface area contributed by atoms with Crippen LogP contribution in [0.15, 0.2) is 85.7 Å². The molecule has 4 aromatic rings. The van der Waals surface area contributed by atoms with Gasteiger partial charge in [0.2, 0.25) is 0 Å².